The van der Waals surface area contributed by atoms with Gasteiger partial charge < -0.3 is 4.90 Å². The molecule has 0 spiro atoms. The molecular weight excluding hydrogens is 146 g/mol. The van der Waals surface area contributed by atoms with Crippen LogP contribution in [-0.2, 0) is 0 Å². The average molecular weight is 171 g/mol. The van der Waals surface area contributed by atoms with Gasteiger partial charge in [0.1, 0.15) is 0 Å². The first-order chi connectivity index (χ1) is 5.81. The molecule has 0 aromatic heterocycles. The third-order valence-electron chi connectivity index (χ3n) is 1.58. The van der Waals surface area contributed by atoms with Crippen LogP contribution in [0.1, 0.15) is 40.0 Å². The van der Waals surface area contributed by atoms with Gasteiger partial charge in [0.15, 0.2) is 0 Å². The topological polar surface area (TPSA) is 3.24 Å². The lowest BCUT2D eigenvalue weighted by atomic mass is 10.2. The summed E-state index contributed by atoms with van der Waals surface area (Å²) in [6.45, 7) is 12.1. The summed E-state index contributed by atoms with van der Waals surface area (Å²) in [5.41, 5.74) is 0. The van der Waals surface area contributed by atoms with E-state index in [1.54, 1.807) is 0 Å². The fourth-order valence-electron chi connectivity index (χ4n) is 0.943. The van der Waals surface area contributed by atoms with Gasteiger partial charge in [-0.1, -0.05) is 39.7 Å². The highest BCUT2D eigenvalue weighted by Gasteiger charge is 1.92. The lowest BCUT2D eigenvalue weighted by Gasteiger charge is -2.12. The summed E-state index contributed by atoms with van der Waals surface area (Å²) in [6, 6.07) is 0. The zero-order valence-electron chi connectivity index (χ0n) is 9.27. The van der Waals surface area contributed by atoms with Gasteiger partial charge in [0, 0.05) is 6.54 Å². The van der Waals surface area contributed by atoms with E-state index < -0.39 is 0 Å². The predicted octanol–water partition coefficient (Wildman–Crippen LogP) is 3.32. The van der Waals surface area contributed by atoms with Crippen molar-refractivity contribution in [2.45, 2.75) is 40.0 Å². The van der Waals surface area contributed by atoms with Gasteiger partial charge in [0.2, 0.25) is 0 Å². The van der Waals surface area contributed by atoms with Gasteiger partial charge in [-0.05, 0) is 20.0 Å². The molecule has 0 aliphatic carbocycles. The summed E-state index contributed by atoms with van der Waals surface area (Å²) < 4.78 is 0. The molecule has 74 valence electrons. The fraction of sp³-hybridized carbons (Fsp3) is 0.818. The molecule has 0 aliphatic rings. The first-order valence-electron chi connectivity index (χ1n) is 5.10. The fourth-order valence-corrected chi connectivity index (χ4v) is 0.943. The van der Waals surface area contributed by atoms with E-state index in [2.05, 4.69) is 25.5 Å². The maximum Gasteiger partial charge on any atom is 0.0157 e. The molecule has 0 bridgehead atoms. The summed E-state index contributed by atoms with van der Waals surface area (Å²) in [4.78, 5) is 2.29. The van der Waals surface area contributed by atoms with Gasteiger partial charge in [-0.25, -0.2) is 0 Å². The molecule has 0 N–H and O–H groups in total. The lowest BCUT2D eigenvalue weighted by Crippen LogP contribution is -2.19. The van der Waals surface area contributed by atoms with Gasteiger partial charge in [0.05, 0.1) is 0 Å². The number of hydrogen-bond acceptors (Lipinski definition) is 1. The van der Waals surface area contributed by atoms with Crippen molar-refractivity contribution in [2.75, 3.05) is 20.1 Å². The van der Waals surface area contributed by atoms with E-state index in [4.69, 9.17) is 0 Å². The van der Waals surface area contributed by atoms with Crippen molar-refractivity contribution in [2.24, 2.45) is 0 Å². The summed E-state index contributed by atoms with van der Waals surface area (Å²) in [6.07, 6.45) is 5.93. The van der Waals surface area contributed by atoms with Crippen LogP contribution in [0.3, 0.4) is 0 Å². The molecule has 0 unspecified atom stereocenters. The Morgan fingerprint density at radius 1 is 1.25 bits per heavy atom. The van der Waals surface area contributed by atoms with Crippen molar-refractivity contribution < 1.29 is 0 Å². The van der Waals surface area contributed by atoms with Gasteiger partial charge in [-0.2, -0.15) is 0 Å². The van der Waals surface area contributed by atoms with E-state index in [9.17, 15) is 0 Å². The molecule has 0 radical (unpaired) electrons. The van der Waals surface area contributed by atoms with Crippen molar-refractivity contribution >= 4 is 0 Å². The van der Waals surface area contributed by atoms with Crippen LogP contribution in [0.4, 0.5) is 0 Å². The van der Waals surface area contributed by atoms with Crippen molar-refractivity contribution in [1.29, 1.82) is 0 Å². The Labute approximate surface area is 78.5 Å². The van der Waals surface area contributed by atoms with E-state index >= 15 is 0 Å². The highest BCUT2D eigenvalue weighted by Crippen LogP contribution is 1.95. The number of unbranched alkanes of at least 4 members (excludes halogenated alkanes) is 2. The maximum atomic E-state index is 3.69. The van der Waals surface area contributed by atoms with Gasteiger partial charge in [-0.15, -0.1) is 6.58 Å². The lowest BCUT2D eigenvalue weighted by molar-refractivity contribution is 0.359. The predicted molar refractivity (Wildman–Crippen MR) is 58.6 cm³/mol. The number of likely N-dealkylation sites (N-methyl/N-ethyl adjacent to an activating group) is 1. The van der Waals surface area contributed by atoms with Crippen LogP contribution < -0.4 is 0 Å². The SMILES string of the molecule is C=CCN(C)CCCCC.CC. The molecule has 0 amide bonds. The molecule has 12 heavy (non-hydrogen) atoms. The van der Waals surface area contributed by atoms with Crippen molar-refractivity contribution in [3.8, 4) is 0 Å². The van der Waals surface area contributed by atoms with Crippen LogP contribution in [0.2, 0.25) is 0 Å². The summed E-state index contributed by atoms with van der Waals surface area (Å²) >= 11 is 0. The van der Waals surface area contributed by atoms with Crippen molar-refractivity contribution in [1.82, 2.24) is 4.90 Å². The monoisotopic (exact) mass is 171 g/mol. The number of rotatable bonds is 6. The average Bonchev–Trinajstić information content (AvgIpc) is 2.09. The normalized spacial score (nSPS) is 9.08. The van der Waals surface area contributed by atoms with Gasteiger partial charge in [-0.3, -0.25) is 0 Å². The van der Waals surface area contributed by atoms with Crippen LogP contribution in [0, 0.1) is 0 Å². The Morgan fingerprint density at radius 3 is 2.25 bits per heavy atom. The first-order valence-corrected chi connectivity index (χ1v) is 5.10. The number of nitrogens with zero attached hydrogens (tertiary/aromatic N) is 1. The van der Waals surface area contributed by atoms with Crippen molar-refractivity contribution in [3.63, 3.8) is 0 Å². The Kier molecular flexibility index (Phi) is 15.8. The molecule has 0 saturated heterocycles. The molecule has 0 fully saturated rings. The second kappa shape index (κ2) is 13.3. The molecule has 0 saturated carbocycles. The summed E-state index contributed by atoms with van der Waals surface area (Å²) in [7, 11) is 2.14. The van der Waals surface area contributed by atoms with Crippen LogP contribution in [0.5, 0.6) is 0 Å². The minimum Gasteiger partial charge on any atom is -0.303 e. The third kappa shape index (κ3) is 12.4. The molecule has 0 heterocycles. The molecule has 1 nitrogen and oxygen atoms in total. The van der Waals surface area contributed by atoms with Crippen LogP contribution >= 0.6 is 0 Å². The number of hydrogen-bond donors (Lipinski definition) is 0. The highest BCUT2D eigenvalue weighted by molar-refractivity contribution is 4.70. The Hall–Kier alpha value is -0.300. The van der Waals surface area contributed by atoms with E-state index in [1.807, 2.05) is 19.9 Å². The Morgan fingerprint density at radius 2 is 1.83 bits per heavy atom. The standard InChI is InChI=1S/C9H19N.C2H6/c1-4-6-7-9-10(3)8-5-2;1-2/h5H,2,4,6-9H2,1,3H3;1-2H3. The van der Waals surface area contributed by atoms with Crippen LogP contribution in [0.15, 0.2) is 12.7 Å². The molecular formula is C11H25N. The zero-order valence-corrected chi connectivity index (χ0v) is 9.27. The molecule has 0 aliphatic heterocycles. The molecule has 1 heteroatoms. The van der Waals surface area contributed by atoms with E-state index in [0.717, 1.165) is 6.54 Å². The minimum atomic E-state index is 1.02. The quantitative estimate of drug-likeness (QED) is 0.438. The highest BCUT2D eigenvalue weighted by atomic mass is 15.1. The third-order valence-corrected chi connectivity index (χ3v) is 1.58. The van der Waals surface area contributed by atoms with Crippen LogP contribution in [0.25, 0.3) is 0 Å². The second-order valence-electron chi connectivity index (χ2n) is 2.76. The smallest absolute Gasteiger partial charge is 0.0157 e. The molecule has 0 rings (SSSR count). The maximum absolute atomic E-state index is 3.69. The Balaban J connectivity index is 0. The first kappa shape index (κ1) is 14.2. The van der Waals surface area contributed by atoms with Crippen molar-refractivity contribution in [3.05, 3.63) is 12.7 Å². The van der Waals surface area contributed by atoms with E-state index in [1.165, 1.54) is 25.8 Å². The van der Waals surface area contributed by atoms with Crippen LogP contribution in [-0.4, -0.2) is 25.0 Å². The van der Waals surface area contributed by atoms with E-state index in [-0.39, 0.29) is 0 Å². The molecule has 0 aromatic carbocycles. The molecule has 0 aromatic rings. The largest absolute Gasteiger partial charge is 0.303 e. The second-order valence-corrected chi connectivity index (χ2v) is 2.76. The molecule has 0 atom stereocenters. The Bertz CT molecular complexity index is 79.1. The zero-order chi connectivity index (χ0) is 9.82. The minimum absolute atomic E-state index is 1.02. The van der Waals surface area contributed by atoms with E-state index in [0.29, 0.717) is 0 Å². The summed E-state index contributed by atoms with van der Waals surface area (Å²) in [5.74, 6) is 0. The van der Waals surface area contributed by atoms with Gasteiger partial charge >= 0.3 is 0 Å². The summed E-state index contributed by atoms with van der Waals surface area (Å²) in [5, 5.41) is 0. The van der Waals surface area contributed by atoms with Gasteiger partial charge in [0.25, 0.3) is 0 Å².